The number of rotatable bonds is 6. The van der Waals surface area contributed by atoms with Gasteiger partial charge in [0.15, 0.2) is 5.43 Å². The molecule has 178 valence electrons. The second-order valence-corrected chi connectivity index (χ2v) is 8.95. The van der Waals surface area contributed by atoms with Gasteiger partial charge in [-0.05, 0) is 66.4 Å². The number of benzene rings is 3. The van der Waals surface area contributed by atoms with Crippen LogP contribution in [-0.4, -0.2) is 31.6 Å². The van der Waals surface area contributed by atoms with Gasteiger partial charge in [0.2, 0.25) is 5.76 Å². The van der Waals surface area contributed by atoms with Gasteiger partial charge in [-0.3, -0.25) is 9.59 Å². The average molecular weight is 490 g/mol. The Balaban J connectivity index is 1.63. The number of nitrogens with zero attached hydrogens (tertiary/aromatic N) is 1. The smallest absolute Gasteiger partial charge is 0.290 e. The van der Waals surface area contributed by atoms with E-state index in [1.807, 2.05) is 55.5 Å². The van der Waals surface area contributed by atoms with Gasteiger partial charge < -0.3 is 18.8 Å². The summed E-state index contributed by atoms with van der Waals surface area (Å²) in [4.78, 5) is 29.0. The Morgan fingerprint density at radius 1 is 0.971 bits per heavy atom. The molecule has 4 aromatic rings. The fraction of sp³-hybridized carbons (Fsp3) is 0.214. The van der Waals surface area contributed by atoms with Gasteiger partial charge in [-0.1, -0.05) is 35.9 Å². The minimum absolute atomic E-state index is 0.0757. The molecule has 1 aliphatic rings. The van der Waals surface area contributed by atoms with Crippen LogP contribution in [0.3, 0.4) is 0 Å². The van der Waals surface area contributed by atoms with Gasteiger partial charge in [-0.25, -0.2) is 0 Å². The van der Waals surface area contributed by atoms with Gasteiger partial charge >= 0.3 is 0 Å². The third-order valence-corrected chi connectivity index (χ3v) is 6.86. The van der Waals surface area contributed by atoms with Crippen molar-refractivity contribution >= 4 is 28.5 Å². The van der Waals surface area contributed by atoms with E-state index in [2.05, 4.69) is 0 Å². The van der Waals surface area contributed by atoms with Crippen molar-refractivity contribution in [1.82, 2.24) is 4.90 Å². The van der Waals surface area contributed by atoms with E-state index >= 15 is 0 Å². The molecule has 6 nitrogen and oxygen atoms in total. The fourth-order valence-corrected chi connectivity index (χ4v) is 4.74. The minimum atomic E-state index is -0.605. The van der Waals surface area contributed by atoms with Crippen LogP contribution in [0.25, 0.3) is 11.0 Å². The standard InChI is InChI=1S/C28H24ClNO5/c1-16-13-23-21(15-22(16)29)26(31)24-25(18-5-4-6-20(14-18)34-3)30(28(32)27(24)35-23)12-11-17-7-9-19(33-2)10-8-17/h4-10,13-15,25H,11-12H2,1-3H3/t25-/m0/s1. The maximum absolute atomic E-state index is 13.7. The molecule has 35 heavy (non-hydrogen) atoms. The van der Waals surface area contributed by atoms with Crippen LogP contribution in [0.1, 0.15) is 38.9 Å². The molecular formula is C28H24ClNO5. The summed E-state index contributed by atoms with van der Waals surface area (Å²) in [6.07, 6.45) is 0.600. The maximum atomic E-state index is 13.7. The number of carbonyl (C=O) groups excluding carboxylic acids is 1. The number of methoxy groups -OCH3 is 2. The van der Waals surface area contributed by atoms with E-state index < -0.39 is 6.04 Å². The Bertz CT molecular complexity index is 1490. The zero-order valence-electron chi connectivity index (χ0n) is 19.6. The van der Waals surface area contributed by atoms with E-state index in [1.54, 1.807) is 31.3 Å². The van der Waals surface area contributed by atoms with Crippen LogP contribution in [0.4, 0.5) is 0 Å². The van der Waals surface area contributed by atoms with Crippen molar-refractivity contribution in [2.45, 2.75) is 19.4 Å². The van der Waals surface area contributed by atoms with Crippen LogP contribution in [0.5, 0.6) is 11.5 Å². The van der Waals surface area contributed by atoms with E-state index in [1.165, 1.54) is 0 Å². The normalized spacial score (nSPS) is 14.9. The van der Waals surface area contributed by atoms with Crippen LogP contribution in [-0.2, 0) is 6.42 Å². The summed E-state index contributed by atoms with van der Waals surface area (Å²) in [6.45, 7) is 2.23. The first-order valence-electron chi connectivity index (χ1n) is 11.3. The number of hydrogen-bond acceptors (Lipinski definition) is 5. The molecule has 1 aliphatic heterocycles. The molecule has 7 heteroatoms. The molecule has 0 N–H and O–H groups in total. The van der Waals surface area contributed by atoms with Crippen molar-refractivity contribution in [2.75, 3.05) is 20.8 Å². The van der Waals surface area contributed by atoms with Crippen LogP contribution < -0.4 is 14.9 Å². The van der Waals surface area contributed by atoms with Gasteiger partial charge in [0, 0.05) is 11.6 Å². The molecule has 0 radical (unpaired) electrons. The summed E-state index contributed by atoms with van der Waals surface area (Å²) in [6, 6.07) is 17.8. The third kappa shape index (κ3) is 4.04. The highest BCUT2D eigenvalue weighted by Crippen LogP contribution is 2.39. The number of carbonyl (C=O) groups is 1. The molecule has 0 bridgehead atoms. The average Bonchev–Trinajstić information content (AvgIpc) is 3.16. The van der Waals surface area contributed by atoms with Crippen LogP contribution in [0, 0.1) is 6.92 Å². The Hall–Kier alpha value is -3.77. The number of halogens is 1. The Morgan fingerprint density at radius 2 is 1.71 bits per heavy atom. The van der Waals surface area contributed by atoms with Gasteiger partial charge in [0.1, 0.15) is 17.1 Å². The summed E-state index contributed by atoms with van der Waals surface area (Å²) in [5, 5.41) is 0.834. The van der Waals surface area contributed by atoms with Crippen molar-refractivity contribution in [3.8, 4) is 11.5 Å². The zero-order chi connectivity index (χ0) is 24.7. The second kappa shape index (κ2) is 9.12. The molecule has 1 amide bonds. The summed E-state index contributed by atoms with van der Waals surface area (Å²) < 4.78 is 16.7. The number of aryl methyl sites for hydroxylation is 1. The summed E-state index contributed by atoms with van der Waals surface area (Å²) >= 11 is 6.32. The molecule has 0 saturated heterocycles. The molecule has 2 heterocycles. The largest absolute Gasteiger partial charge is 0.497 e. The molecule has 0 saturated carbocycles. The summed E-state index contributed by atoms with van der Waals surface area (Å²) in [5.74, 6) is 1.17. The van der Waals surface area contributed by atoms with E-state index in [4.69, 9.17) is 25.5 Å². The lowest BCUT2D eigenvalue weighted by Crippen LogP contribution is -2.31. The summed E-state index contributed by atoms with van der Waals surface area (Å²) in [7, 11) is 3.21. The lowest BCUT2D eigenvalue weighted by Gasteiger charge is -2.25. The topological polar surface area (TPSA) is 69.0 Å². The molecule has 5 rings (SSSR count). The number of amides is 1. The molecule has 0 unspecified atom stereocenters. The second-order valence-electron chi connectivity index (χ2n) is 8.55. The lowest BCUT2D eigenvalue weighted by atomic mass is 9.97. The van der Waals surface area contributed by atoms with Crippen molar-refractivity contribution in [3.05, 3.63) is 104 Å². The van der Waals surface area contributed by atoms with Crippen molar-refractivity contribution in [1.29, 1.82) is 0 Å². The Kier molecular flexibility index (Phi) is 5.99. The van der Waals surface area contributed by atoms with Crippen LogP contribution >= 0.6 is 11.6 Å². The van der Waals surface area contributed by atoms with Gasteiger partial charge in [0.25, 0.3) is 5.91 Å². The highest BCUT2D eigenvalue weighted by atomic mass is 35.5. The first kappa shape index (κ1) is 23.0. The van der Waals surface area contributed by atoms with Crippen molar-refractivity contribution < 1.29 is 18.7 Å². The minimum Gasteiger partial charge on any atom is -0.497 e. The Morgan fingerprint density at radius 3 is 2.43 bits per heavy atom. The summed E-state index contributed by atoms with van der Waals surface area (Å²) in [5.41, 5.74) is 3.02. The zero-order valence-corrected chi connectivity index (χ0v) is 20.4. The number of ether oxygens (including phenoxy) is 2. The number of fused-ring (bicyclic) bond motifs is 2. The highest BCUT2D eigenvalue weighted by Gasteiger charge is 2.42. The molecule has 3 aromatic carbocycles. The molecule has 1 aromatic heterocycles. The van der Waals surface area contributed by atoms with Crippen molar-refractivity contribution in [3.63, 3.8) is 0 Å². The van der Waals surface area contributed by atoms with Gasteiger partial charge in [-0.2, -0.15) is 0 Å². The molecule has 0 spiro atoms. The quantitative estimate of drug-likeness (QED) is 0.354. The molecule has 0 aliphatic carbocycles. The molecule has 1 atom stereocenters. The van der Waals surface area contributed by atoms with Gasteiger partial charge in [-0.15, -0.1) is 0 Å². The monoisotopic (exact) mass is 489 g/mol. The maximum Gasteiger partial charge on any atom is 0.290 e. The van der Waals surface area contributed by atoms with E-state index in [-0.39, 0.29) is 17.1 Å². The van der Waals surface area contributed by atoms with E-state index in [0.717, 1.165) is 22.4 Å². The predicted molar refractivity (Wildman–Crippen MR) is 135 cm³/mol. The first-order valence-corrected chi connectivity index (χ1v) is 11.6. The van der Waals surface area contributed by atoms with E-state index in [9.17, 15) is 9.59 Å². The lowest BCUT2D eigenvalue weighted by molar-refractivity contribution is 0.0730. The SMILES string of the molecule is COc1ccc(CCN2C(=O)c3oc4cc(C)c(Cl)cc4c(=O)c3[C@@H]2c2cccc(OC)c2)cc1. The van der Waals surface area contributed by atoms with E-state index in [0.29, 0.717) is 40.3 Å². The van der Waals surface area contributed by atoms with Crippen molar-refractivity contribution in [2.24, 2.45) is 0 Å². The molecular weight excluding hydrogens is 466 g/mol. The van der Waals surface area contributed by atoms with Crippen LogP contribution in [0.15, 0.2) is 69.9 Å². The van der Waals surface area contributed by atoms with Crippen LogP contribution in [0.2, 0.25) is 5.02 Å². The third-order valence-electron chi connectivity index (χ3n) is 6.46. The van der Waals surface area contributed by atoms with Gasteiger partial charge in [0.05, 0.1) is 31.2 Å². The molecule has 0 fully saturated rings. The first-order chi connectivity index (χ1) is 16.9. The fourth-order valence-electron chi connectivity index (χ4n) is 4.57. The highest BCUT2D eigenvalue weighted by molar-refractivity contribution is 6.32. The number of hydrogen-bond donors (Lipinski definition) is 0. The Labute approximate surface area is 207 Å². The predicted octanol–water partition coefficient (Wildman–Crippen LogP) is 5.56.